The number of nitrogens with zero attached hydrogens (tertiary/aromatic N) is 6. The molecule has 1 saturated heterocycles. The van der Waals surface area contributed by atoms with Gasteiger partial charge in [0.2, 0.25) is 0 Å². The maximum atomic E-state index is 12.5. The summed E-state index contributed by atoms with van der Waals surface area (Å²) in [6.45, 7) is 11.6. The van der Waals surface area contributed by atoms with Crippen molar-refractivity contribution in [2.75, 3.05) is 18.9 Å². The van der Waals surface area contributed by atoms with Crippen LogP contribution < -0.4 is 5.73 Å². The maximum Gasteiger partial charge on any atom is 0.166 e. The van der Waals surface area contributed by atoms with Gasteiger partial charge in [-0.3, -0.25) is 9.47 Å². The van der Waals surface area contributed by atoms with Crippen LogP contribution in [0.3, 0.4) is 0 Å². The number of carbonyl (C=O) groups excluding carboxylic acids is 1. The number of hydrogen-bond acceptors (Lipinski definition) is 9. The van der Waals surface area contributed by atoms with Crippen LogP contribution >= 0.6 is 0 Å². The number of nitrogen functional groups attached to an aromatic ring is 1. The van der Waals surface area contributed by atoms with Crippen LogP contribution in [-0.4, -0.2) is 83.2 Å². The van der Waals surface area contributed by atoms with Gasteiger partial charge in [0.15, 0.2) is 23.3 Å². The molecule has 42 heavy (non-hydrogen) atoms. The van der Waals surface area contributed by atoms with Crippen LogP contribution in [-0.2, 0) is 26.9 Å². The molecule has 1 saturated carbocycles. The minimum absolute atomic E-state index is 0.0334. The summed E-state index contributed by atoms with van der Waals surface area (Å²) in [7, 11) is 0. The fourth-order valence-electron chi connectivity index (χ4n) is 6.61. The van der Waals surface area contributed by atoms with Crippen molar-refractivity contribution < 1.29 is 14.6 Å². The minimum Gasteiger partial charge on any atom is -0.387 e. The molecule has 11 nitrogen and oxygen atoms in total. The Kier molecular flexibility index (Phi) is 7.31. The zero-order valence-electron chi connectivity index (χ0n) is 25.1. The second kappa shape index (κ2) is 10.7. The van der Waals surface area contributed by atoms with E-state index in [1.165, 1.54) is 18.2 Å². The van der Waals surface area contributed by atoms with Gasteiger partial charge in [0.05, 0.1) is 30.1 Å². The van der Waals surface area contributed by atoms with E-state index in [9.17, 15) is 9.90 Å². The number of anilines is 1. The van der Waals surface area contributed by atoms with E-state index in [1.807, 2.05) is 0 Å². The number of benzene rings is 1. The Hall–Kier alpha value is -3.41. The number of rotatable bonds is 9. The molecular formula is C31H42N8O3. The van der Waals surface area contributed by atoms with Gasteiger partial charge in [-0.15, -0.1) is 0 Å². The van der Waals surface area contributed by atoms with Gasteiger partial charge in [0, 0.05) is 25.0 Å². The van der Waals surface area contributed by atoms with Crippen molar-refractivity contribution in [3.05, 3.63) is 42.2 Å². The average molecular weight is 575 g/mol. The number of aldehydes is 1. The summed E-state index contributed by atoms with van der Waals surface area (Å²) in [6, 6.07) is 7.20. The second-order valence-corrected chi connectivity index (χ2v) is 13.4. The van der Waals surface area contributed by atoms with E-state index in [0.717, 1.165) is 48.8 Å². The summed E-state index contributed by atoms with van der Waals surface area (Å²) >= 11 is 0. The Labute approximate surface area is 245 Å². The molecule has 3 aromatic heterocycles. The van der Waals surface area contributed by atoms with Crippen molar-refractivity contribution >= 4 is 34.3 Å². The fourth-order valence-corrected chi connectivity index (χ4v) is 6.61. The number of nitrogens with two attached hydrogens (primary N) is 1. The van der Waals surface area contributed by atoms with Crippen LogP contribution in [0.25, 0.3) is 22.2 Å². The molecule has 1 aliphatic carbocycles. The van der Waals surface area contributed by atoms with Crippen molar-refractivity contribution in [1.29, 1.82) is 0 Å². The van der Waals surface area contributed by atoms with E-state index < -0.39 is 17.7 Å². The van der Waals surface area contributed by atoms with E-state index in [2.05, 4.69) is 77.7 Å². The van der Waals surface area contributed by atoms with E-state index in [-0.39, 0.29) is 23.9 Å². The fraction of sp³-hybridized carbons (Fsp3) is 0.581. The summed E-state index contributed by atoms with van der Waals surface area (Å²) in [5.41, 5.74) is 8.97. The van der Waals surface area contributed by atoms with Gasteiger partial charge in [-0.1, -0.05) is 26.8 Å². The topological polar surface area (TPSA) is 148 Å². The normalized spacial score (nSPS) is 26.5. The quantitative estimate of drug-likeness (QED) is 0.256. The SMILES string of the molecule is CC(C)N(CC1OCC(C=O)(n2cnc3c(N)ncnc32)C1O)C1CC(CCc2nc3ccc(C(C)(C)C)cc3[nH]2)C1. The number of aromatic nitrogens is 6. The Morgan fingerprint density at radius 1 is 1.26 bits per heavy atom. The Morgan fingerprint density at radius 2 is 2.05 bits per heavy atom. The Morgan fingerprint density at radius 3 is 2.76 bits per heavy atom. The molecule has 1 aromatic carbocycles. The monoisotopic (exact) mass is 574 g/mol. The summed E-state index contributed by atoms with van der Waals surface area (Å²) in [4.78, 5) is 35.8. The summed E-state index contributed by atoms with van der Waals surface area (Å²) in [6.07, 6.45) is 6.18. The van der Waals surface area contributed by atoms with Gasteiger partial charge < -0.3 is 25.4 Å². The molecular weight excluding hydrogens is 532 g/mol. The summed E-state index contributed by atoms with van der Waals surface area (Å²) in [5.74, 6) is 1.90. The summed E-state index contributed by atoms with van der Waals surface area (Å²) in [5, 5.41) is 11.5. The lowest BCUT2D eigenvalue weighted by Gasteiger charge is -2.46. The number of fused-ring (bicyclic) bond motifs is 2. The van der Waals surface area contributed by atoms with Crippen molar-refractivity contribution in [1.82, 2.24) is 34.4 Å². The second-order valence-electron chi connectivity index (χ2n) is 13.4. The van der Waals surface area contributed by atoms with Crippen LogP contribution in [0, 0.1) is 5.92 Å². The third-order valence-corrected chi connectivity index (χ3v) is 9.33. The first-order chi connectivity index (χ1) is 20.0. The molecule has 2 fully saturated rings. The number of imidazole rings is 2. The zero-order valence-corrected chi connectivity index (χ0v) is 25.1. The van der Waals surface area contributed by atoms with Gasteiger partial charge in [0.1, 0.15) is 23.8 Å². The molecule has 0 radical (unpaired) electrons. The van der Waals surface area contributed by atoms with Crippen LogP contribution in [0.4, 0.5) is 5.82 Å². The highest BCUT2D eigenvalue weighted by Crippen LogP contribution is 2.39. The molecule has 2 aliphatic rings. The number of H-pyrrole nitrogens is 1. The predicted octanol–water partition coefficient (Wildman–Crippen LogP) is 3.36. The zero-order chi connectivity index (χ0) is 29.8. The van der Waals surface area contributed by atoms with Crippen LogP contribution in [0.15, 0.2) is 30.9 Å². The number of aryl methyl sites for hydroxylation is 1. The molecule has 1 aliphatic heterocycles. The molecule has 3 atom stereocenters. The van der Waals surface area contributed by atoms with Crippen molar-refractivity contribution in [3.8, 4) is 0 Å². The molecule has 3 unspecified atom stereocenters. The van der Waals surface area contributed by atoms with Crippen LogP contribution in [0.2, 0.25) is 0 Å². The molecule has 4 N–H and O–H groups in total. The lowest BCUT2D eigenvalue weighted by molar-refractivity contribution is -0.119. The number of aromatic amines is 1. The lowest BCUT2D eigenvalue weighted by Crippen LogP contribution is -2.54. The van der Waals surface area contributed by atoms with Crippen molar-refractivity contribution in [2.45, 2.75) is 95.5 Å². The highest BCUT2D eigenvalue weighted by Gasteiger charge is 2.52. The number of hydrogen-bond donors (Lipinski definition) is 3. The largest absolute Gasteiger partial charge is 0.387 e. The average Bonchev–Trinajstić information content (AvgIpc) is 3.62. The molecule has 11 heteroatoms. The van der Waals surface area contributed by atoms with Crippen molar-refractivity contribution in [3.63, 3.8) is 0 Å². The van der Waals surface area contributed by atoms with Gasteiger partial charge >= 0.3 is 0 Å². The highest BCUT2D eigenvalue weighted by atomic mass is 16.5. The third-order valence-electron chi connectivity index (χ3n) is 9.33. The number of nitrogens with one attached hydrogen (secondary N) is 1. The molecule has 4 heterocycles. The van der Waals surface area contributed by atoms with Gasteiger partial charge in [-0.2, -0.15) is 0 Å². The molecule has 0 spiro atoms. The van der Waals surface area contributed by atoms with E-state index in [1.54, 1.807) is 4.57 Å². The molecule has 224 valence electrons. The molecule has 6 rings (SSSR count). The predicted molar refractivity (Wildman–Crippen MR) is 161 cm³/mol. The van der Waals surface area contributed by atoms with E-state index >= 15 is 0 Å². The molecule has 0 bridgehead atoms. The van der Waals surface area contributed by atoms with Gasteiger partial charge in [-0.25, -0.2) is 19.9 Å². The third kappa shape index (κ3) is 4.97. The maximum absolute atomic E-state index is 12.5. The highest BCUT2D eigenvalue weighted by molar-refractivity contribution is 5.83. The van der Waals surface area contributed by atoms with Crippen LogP contribution in [0.1, 0.15) is 65.3 Å². The minimum atomic E-state index is -1.33. The molecule has 4 aromatic rings. The first-order valence-electron chi connectivity index (χ1n) is 14.9. The Balaban J connectivity index is 1.08. The Bertz CT molecular complexity index is 1580. The number of aliphatic hydroxyl groups is 1. The van der Waals surface area contributed by atoms with Crippen LogP contribution in [0.5, 0.6) is 0 Å². The first kappa shape index (κ1) is 28.7. The van der Waals surface area contributed by atoms with Gasteiger partial charge in [-0.05, 0) is 62.1 Å². The standard InChI is InChI=1S/C31H42N8O3/c1-18(2)38(13-24-27(41)31(14-40,15-42-24)39-17-35-26-28(32)33-16-34-29(26)39)21-10-19(11-21)6-9-25-36-22-8-7-20(30(3,4)5)12-23(22)37-25/h7-8,12,14,16-19,21,24,27,41H,6,9-11,13,15H2,1-5H3,(H,36,37)(H2,32,33,34). The lowest BCUT2D eigenvalue weighted by atomic mass is 9.76. The smallest absolute Gasteiger partial charge is 0.166 e. The summed E-state index contributed by atoms with van der Waals surface area (Å²) < 4.78 is 7.69. The first-order valence-corrected chi connectivity index (χ1v) is 14.9. The molecule has 0 amide bonds. The number of ether oxygens (including phenoxy) is 1. The van der Waals surface area contributed by atoms with E-state index in [0.29, 0.717) is 29.7 Å². The van der Waals surface area contributed by atoms with Crippen molar-refractivity contribution in [2.24, 2.45) is 5.92 Å². The number of carbonyl (C=O) groups is 1. The van der Waals surface area contributed by atoms with E-state index in [4.69, 9.17) is 15.5 Å². The number of aliphatic hydroxyl groups excluding tert-OH is 1. The van der Waals surface area contributed by atoms with Gasteiger partial charge in [0.25, 0.3) is 0 Å².